The first-order chi connectivity index (χ1) is 12.5. The van der Waals surface area contributed by atoms with Crippen molar-refractivity contribution < 1.29 is 14.0 Å². The van der Waals surface area contributed by atoms with Crippen LogP contribution in [0.5, 0.6) is 0 Å². The molecule has 2 aromatic rings. The molecule has 2 N–H and O–H groups in total. The number of carbonyl (C=O) groups is 2. The van der Waals surface area contributed by atoms with E-state index in [2.05, 4.69) is 15.5 Å². The molecule has 1 unspecified atom stereocenters. The smallest absolute Gasteiger partial charge is 0.244 e. The standard InChI is InChI=1S/C19H23FN4O2/c1-12(22-13(2)25)19(26)24-8-6-14(7-9-24)18-17(11-21-23-18)15-4-3-5-16(20)10-15/h3-5,10-12,14H,6-9H2,1-2H3,(H,21,23)(H,22,25). The van der Waals surface area contributed by atoms with E-state index in [4.69, 9.17) is 0 Å². The van der Waals surface area contributed by atoms with E-state index in [1.54, 1.807) is 24.1 Å². The van der Waals surface area contributed by atoms with Crippen molar-refractivity contribution >= 4 is 11.8 Å². The molecule has 3 rings (SSSR count). The number of carbonyl (C=O) groups excluding carboxylic acids is 2. The van der Waals surface area contributed by atoms with Gasteiger partial charge in [0.15, 0.2) is 0 Å². The Labute approximate surface area is 151 Å². The maximum atomic E-state index is 13.5. The van der Waals surface area contributed by atoms with E-state index >= 15 is 0 Å². The van der Waals surface area contributed by atoms with Crippen LogP contribution in [0.25, 0.3) is 11.1 Å². The van der Waals surface area contributed by atoms with Gasteiger partial charge in [0.05, 0.1) is 6.20 Å². The second-order valence-electron chi connectivity index (χ2n) is 6.73. The molecule has 1 aromatic heterocycles. The van der Waals surface area contributed by atoms with Gasteiger partial charge in [-0.1, -0.05) is 12.1 Å². The third-order valence-electron chi connectivity index (χ3n) is 4.81. The quantitative estimate of drug-likeness (QED) is 0.881. The molecule has 0 saturated carbocycles. The minimum atomic E-state index is -0.515. The summed E-state index contributed by atoms with van der Waals surface area (Å²) in [5.41, 5.74) is 2.69. The van der Waals surface area contributed by atoms with Gasteiger partial charge in [0.2, 0.25) is 11.8 Å². The summed E-state index contributed by atoms with van der Waals surface area (Å²) in [4.78, 5) is 25.3. The molecule has 1 aliphatic heterocycles. The van der Waals surface area contributed by atoms with Crippen LogP contribution in [-0.4, -0.2) is 46.0 Å². The van der Waals surface area contributed by atoms with Gasteiger partial charge in [0.1, 0.15) is 11.9 Å². The van der Waals surface area contributed by atoms with Gasteiger partial charge in [-0.3, -0.25) is 14.7 Å². The number of aromatic nitrogens is 2. The molecular weight excluding hydrogens is 335 g/mol. The van der Waals surface area contributed by atoms with Crippen LogP contribution in [0, 0.1) is 5.82 Å². The molecule has 1 aliphatic rings. The first-order valence-electron chi connectivity index (χ1n) is 8.81. The van der Waals surface area contributed by atoms with Gasteiger partial charge in [0, 0.05) is 37.2 Å². The number of piperidine rings is 1. The monoisotopic (exact) mass is 358 g/mol. The zero-order chi connectivity index (χ0) is 18.7. The van der Waals surface area contributed by atoms with Gasteiger partial charge in [-0.15, -0.1) is 0 Å². The van der Waals surface area contributed by atoms with E-state index in [9.17, 15) is 14.0 Å². The number of aromatic amines is 1. The second kappa shape index (κ2) is 7.68. The normalized spacial score (nSPS) is 16.3. The molecule has 7 heteroatoms. The zero-order valence-corrected chi connectivity index (χ0v) is 15.0. The van der Waals surface area contributed by atoms with E-state index in [1.165, 1.54) is 19.1 Å². The predicted octanol–water partition coefficient (Wildman–Crippen LogP) is 2.45. The number of halogens is 1. The summed E-state index contributed by atoms with van der Waals surface area (Å²) in [6.45, 7) is 4.35. The molecule has 2 amide bonds. The van der Waals surface area contributed by atoms with Crippen molar-refractivity contribution in [3.63, 3.8) is 0 Å². The Morgan fingerprint density at radius 1 is 1.35 bits per heavy atom. The van der Waals surface area contributed by atoms with E-state index in [0.717, 1.165) is 29.7 Å². The van der Waals surface area contributed by atoms with E-state index in [0.29, 0.717) is 13.1 Å². The summed E-state index contributed by atoms with van der Waals surface area (Å²) in [6, 6.07) is 5.96. The number of amides is 2. The van der Waals surface area contributed by atoms with Crippen molar-refractivity contribution in [2.24, 2.45) is 0 Å². The van der Waals surface area contributed by atoms with E-state index < -0.39 is 6.04 Å². The van der Waals surface area contributed by atoms with E-state index in [1.807, 2.05) is 6.07 Å². The van der Waals surface area contributed by atoms with Gasteiger partial charge in [-0.05, 0) is 37.5 Å². The number of hydrogen-bond acceptors (Lipinski definition) is 3. The molecule has 0 bridgehead atoms. The van der Waals surface area contributed by atoms with Crippen LogP contribution in [0.1, 0.15) is 38.3 Å². The highest BCUT2D eigenvalue weighted by Gasteiger charge is 2.29. The fourth-order valence-corrected chi connectivity index (χ4v) is 3.52. The highest BCUT2D eigenvalue weighted by atomic mass is 19.1. The lowest BCUT2D eigenvalue weighted by Crippen LogP contribution is -2.48. The lowest BCUT2D eigenvalue weighted by molar-refractivity contribution is -0.136. The minimum Gasteiger partial charge on any atom is -0.345 e. The van der Waals surface area contributed by atoms with Gasteiger partial charge in [0.25, 0.3) is 0 Å². The summed E-state index contributed by atoms with van der Waals surface area (Å²) in [5, 5.41) is 9.83. The average Bonchev–Trinajstić information content (AvgIpc) is 3.10. The van der Waals surface area contributed by atoms with E-state index in [-0.39, 0.29) is 23.5 Å². The molecule has 6 nitrogen and oxygen atoms in total. The van der Waals surface area contributed by atoms with Crippen LogP contribution in [0.15, 0.2) is 30.5 Å². The first kappa shape index (κ1) is 18.1. The number of H-pyrrole nitrogens is 1. The second-order valence-corrected chi connectivity index (χ2v) is 6.73. The molecule has 26 heavy (non-hydrogen) atoms. The molecule has 138 valence electrons. The molecule has 1 saturated heterocycles. The number of rotatable bonds is 4. The minimum absolute atomic E-state index is 0.0615. The fourth-order valence-electron chi connectivity index (χ4n) is 3.52. The van der Waals surface area contributed by atoms with Crippen molar-refractivity contribution in [2.45, 2.75) is 38.6 Å². The topological polar surface area (TPSA) is 78.1 Å². The Kier molecular flexibility index (Phi) is 5.35. The molecule has 1 fully saturated rings. The van der Waals surface area contributed by atoms with Crippen molar-refractivity contribution in [3.05, 3.63) is 42.0 Å². The summed E-state index contributed by atoms with van der Waals surface area (Å²) in [6.07, 6.45) is 3.31. The molecule has 1 aromatic carbocycles. The maximum absolute atomic E-state index is 13.5. The number of nitrogens with zero attached hydrogens (tertiary/aromatic N) is 2. The third kappa shape index (κ3) is 3.92. The molecule has 1 atom stereocenters. The van der Waals surface area contributed by atoms with Crippen molar-refractivity contribution in [2.75, 3.05) is 13.1 Å². The predicted molar refractivity (Wildman–Crippen MR) is 95.8 cm³/mol. The lowest BCUT2D eigenvalue weighted by Gasteiger charge is -2.33. The van der Waals surface area contributed by atoms with Gasteiger partial charge in [-0.2, -0.15) is 5.10 Å². The van der Waals surface area contributed by atoms with Gasteiger partial charge in [-0.25, -0.2) is 4.39 Å². The molecule has 0 spiro atoms. The Morgan fingerprint density at radius 2 is 2.08 bits per heavy atom. The van der Waals surface area contributed by atoms with Crippen molar-refractivity contribution in [1.29, 1.82) is 0 Å². The largest absolute Gasteiger partial charge is 0.345 e. The summed E-state index contributed by atoms with van der Waals surface area (Å²) < 4.78 is 13.5. The van der Waals surface area contributed by atoms with Gasteiger partial charge < -0.3 is 10.2 Å². The molecule has 2 heterocycles. The third-order valence-corrected chi connectivity index (χ3v) is 4.81. The number of benzene rings is 1. The van der Waals surface area contributed by atoms with Crippen molar-refractivity contribution in [1.82, 2.24) is 20.4 Å². The average molecular weight is 358 g/mol. The Bertz CT molecular complexity index is 796. The number of nitrogens with one attached hydrogen (secondary N) is 2. The van der Waals surface area contributed by atoms with Gasteiger partial charge >= 0.3 is 0 Å². The Balaban J connectivity index is 1.67. The van der Waals surface area contributed by atoms with Crippen LogP contribution in [0.2, 0.25) is 0 Å². The van der Waals surface area contributed by atoms with Crippen LogP contribution in [0.3, 0.4) is 0 Å². The van der Waals surface area contributed by atoms with Crippen molar-refractivity contribution in [3.8, 4) is 11.1 Å². The zero-order valence-electron chi connectivity index (χ0n) is 15.0. The van der Waals surface area contributed by atoms with Crippen LogP contribution in [0.4, 0.5) is 4.39 Å². The Hall–Kier alpha value is -2.70. The Morgan fingerprint density at radius 3 is 2.73 bits per heavy atom. The summed E-state index contributed by atoms with van der Waals surface area (Å²) >= 11 is 0. The summed E-state index contributed by atoms with van der Waals surface area (Å²) in [5.74, 6) is -0.315. The molecular formula is C19H23FN4O2. The lowest BCUT2D eigenvalue weighted by atomic mass is 9.89. The van der Waals surface area contributed by atoms with Crippen LogP contribution in [-0.2, 0) is 9.59 Å². The van der Waals surface area contributed by atoms with Crippen LogP contribution < -0.4 is 5.32 Å². The highest BCUT2D eigenvalue weighted by molar-refractivity contribution is 5.86. The number of likely N-dealkylation sites (tertiary alicyclic amines) is 1. The summed E-state index contributed by atoms with van der Waals surface area (Å²) in [7, 11) is 0. The van der Waals surface area contributed by atoms with Crippen LogP contribution >= 0.6 is 0 Å². The molecule has 0 aliphatic carbocycles. The molecule has 0 radical (unpaired) electrons. The first-order valence-corrected chi connectivity index (χ1v) is 8.81. The fraction of sp³-hybridized carbons (Fsp3) is 0.421. The maximum Gasteiger partial charge on any atom is 0.244 e. The SMILES string of the molecule is CC(=O)NC(C)C(=O)N1CCC(c2[nH]ncc2-c2cccc(F)c2)CC1. The number of hydrogen-bond donors (Lipinski definition) is 2. The highest BCUT2D eigenvalue weighted by Crippen LogP contribution is 2.34.